The number of halogens is 1. The minimum Gasteiger partial charge on any atom is -0.875 e. The highest BCUT2D eigenvalue weighted by Crippen LogP contribution is 2.36. The number of allylic oxidation sites excluding steroid dienone is 2. The quantitative estimate of drug-likeness (QED) is 0.851. The van der Waals surface area contributed by atoms with Crippen molar-refractivity contribution in [3.63, 3.8) is 0 Å². The van der Waals surface area contributed by atoms with E-state index in [1.54, 1.807) is 4.90 Å². The second kappa shape index (κ2) is 7.95. The lowest BCUT2D eigenvalue weighted by atomic mass is 9.79. The van der Waals surface area contributed by atoms with Crippen molar-refractivity contribution in [3.8, 4) is 0 Å². The van der Waals surface area contributed by atoms with Crippen molar-refractivity contribution in [3.05, 3.63) is 10.2 Å². The molecule has 0 aliphatic heterocycles. The summed E-state index contributed by atoms with van der Waals surface area (Å²) in [6.07, 6.45) is 0.943. The van der Waals surface area contributed by atoms with E-state index < -0.39 is 0 Å². The van der Waals surface area contributed by atoms with E-state index in [-0.39, 0.29) is 21.4 Å². The topological polar surface area (TPSA) is 44.6 Å². The van der Waals surface area contributed by atoms with Gasteiger partial charge in [-0.3, -0.25) is 4.79 Å². The highest BCUT2D eigenvalue weighted by atomic mass is 79.9. The molecular formula is C14H26BrNO2. The van der Waals surface area contributed by atoms with Gasteiger partial charge in [0.15, 0.2) is 5.78 Å². The van der Waals surface area contributed by atoms with Gasteiger partial charge in [-0.05, 0) is 48.5 Å². The van der Waals surface area contributed by atoms with Crippen molar-refractivity contribution in [1.29, 1.82) is 0 Å². The van der Waals surface area contributed by atoms with Crippen LogP contribution >= 0.6 is 15.9 Å². The van der Waals surface area contributed by atoms with Crippen LogP contribution in [-0.4, -0.2) is 25.4 Å². The average molecular weight is 320 g/mol. The summed E-state index contributed by atoms with van der Waals surface area (Å²) in [6, 6.07) is 0. The van der Waals surface area contributed by atoms with Gasteiger partial charge in [0.2, 0.25) is 0 Å². The lowest BCUT2D eigenvalue weighted by molar-refractivity contribution is -0.894. The highest BCUT2D eigenvalue weighted by Gasteiger charge is 2.27. The molecule has 0 fully saturated rings. The Morgan fingerprint density at radius 3 is 1.89 bits per heavy atom. The molecule has 4 heteroatoms. The molecule has 106 valence electrons. The second-order valence-electron chi connectivity index (χ2n) is 5.49. The predicted octanol–water partition coefficient (Wildman–Crippen LogP) is 1.27. The fourth-order valence-corrected chi connectivity index (χ4v) is 2.27. The van der Waals surface area contributed by atoms with Gasteiger partial charge in [0.1, 0.15) is 0 Å². The number of nitrogens with one attached hydrogen (secondary N) is 1. The Bertz CT molecular complexity index is 301. The molecule has 0 aromatic carbocycles. The van der Waals surface area contributed by atoms with E-state index in [4.69, 9.17) is 0 Å². The molecule has 0 aromatic heterocycles. The van der Waals surface area contributed by atoms with Crippen LogP contribution in [0.2, 0.25) is 0 Å². The first kappa shape index (κ1) is 17.6. The van der Waals surface area contributed by atoms with E-state index in [1.165, 1.54) is 19.6 Å². The molecule has 0 unspecified atom stereocenters. The molecule has 1 aliphatic rings. The predicted molar refractivity (Wildman–Crippen MR) is 76.6 cm³/mol. The lowest BCUT2D eigenvalue weighted by Gasteiger charge is -2.33. The van der Waals surface area contributed by atoms with Gasteiger partial charge in [0, 0.05) is 10.9 Å². The van der Waals surface area contributed by atoms with Crippen LogP contribution in [0.3, 0.4) is 0 Å². The van der Waals surface area contributed by atoms with E-state index in [0.717, 1.165) is 0 Å². The molecule has 0 heterocycles. The normalized spacial score (nSPS) is 18.7. The number of ketones is 1. The fourth-order valence-electron chi connectivity index (χ4n) is 1.99. The van der Waals surface area contributed by atoms with E-state index in [1.807, 2.05) is 13.8 Å². The van der Waals surface area contributed by atoms with Crippen LogP contribution in [0.25, 0.3) is 0 Å². The molecule has 0 radical (unpaired) electrons. The number of Topliss-reactive ketones (excluding diaryl/α,β-unsaturated/α-hetero) is 1. The van der Waals surface area contributed by atoms with Crippen LogP contribution in [0.15, 0.2) is 10.2 Å². The molecule has 0 atom stereocenters. The van der Waals surface area contributed by atoms with E-state index >= 15 is 0 Å². The number of hydrogen-bond acceptors (Lipinski definition) is 2. The number of carbonyl (C=O) groups is 1. The first-order valence-corrected chi connectivity index (χ1v) is 7.49. The van der Waals surface area contributed by atoms with Crippen molar-refractivity contribution < 1.29 is 14.8 Å². The third-order valence-electron chi connectivity index (χ3n) is 3.27. The lowest BCUT2D eigenvalue weighted by Crippen LogP contribution is -3.11. The highest BCUT2D eigenvalue weighted by molar-refractivity contribution is 9.12. The van der Waals surface area contributed by atoms with Crippen molar-refractivity contribution in [2.24, 2.45) is 5.41 Å². The monoisotopic (exact) mass is 319 g/mol. The minimum atomic E-state index is -0.147. The maximum Gasteiger partial charge on any atom is 0.169 e. The number of hydrogen-bond donors (Lipinski definition) is 1. The summed E-state index contributed by atoms with van der Waals surface area (Å²) in [5, 5.41) is 11.1. The van der Waals surface area contributed by atoms with Gasteiger partial charge in [-0.25, -0.2) is 0 Å². The molecule has 3 nitrogen and oxygen atoms in total. The zero-order valence-corrected chi connectivity index (χ0v) is 13.8. The van der Waals surface area contributed by atoms with Gasteiger partial charge >= 0.3 is 0 Å². The maximum absolute atomic E-state index is 11.1. The Hall–Kier alpha value is -0.350. The first-order chi connectivity index (χ1) is 8.27. The van der Waals surface area contributed by atoms with Crippen LogP contribution in [0.5, 0.6) is 0 Å². The number of rotatable bonds is 3. The van der Waals surface area contributed by atoms with Crippen molar-refractivity contribution >= 4 is 21.7 Å². The average Bonchev–Trinajstić information content (AvgIpc) is 2.28. The standard InChI is InChI=1S/C8H11BrO2.C6H15N/c1-8(2)3-5(10)7(9)6(11)4-8;1-4-7(5-2)6-3/h10H,3-4H2,1-2H3;4-6H2,1-3H3. The van der Waals surface area contributed by atoms with Crippen molar-refractivity contribution in [2.75, 3.05) is 19.6 Å². The molecule has 18 heavy (non-hydrogen) atoms. The second-order valence-corrected chi connectivity index (χ2v) is 6.28. The zero-order valence-electron chi connectivity index (χ0n) is 12.2. The largest absolute Gasteiger partial charge is 0.875 e. The van der Waals surface area contributed by atoms with E-state index in [9.17, 15) is 9.90 Å². The van der Waals surface area contributed by atoms with Gasteiger partial charge in [-0.1, -0.05) is 13.8 Å². The maximum atomic E-state index is 11.1. The van der Waals surface area contributed by atoms with Gasteiger partial charge in [-0.2, -0.15) is 0 Å². The smallest absolute Gasteiger partial charge is 0.169 e. The summed E-state index contributed by atoms with van der Waals surface area (Å²) in [4.78, 5) is 12.8. The van der Waals surface area contributed by atoms with Gasteiger partial charge < -0.3 is 10.0 Å². The Balaban J connectivity index is 0.000000360. The summed E-state index contributed by atoms with van der Waals surface area (Å²) >= 11 is 2.99. The molecule has 0 saturated heterocycles. The summed E-state index contributed by atoms with van der Waals surface area (Å²) in [6.45, 7) is 14.4. The molecule has 0 bridgehead atoms. The summed E-state index contributed by atoms with van der Waals surface area (Å²) < 4.78 is 0.247. The Morgan fingerprint density at radius 1 is 1.17 bits per heavy atom. The van der Waals surface area contributed by atoms with Crippen LogP contribution in [0.4, 0.5) is 0 Å². The summed E-state index contributed by atoms with van der Waals surface area (Å²) in [7, 11) is 0. The SMILES string of the molecule is CC1(C)CC(=O)C(Br)=C([O-])C1.CC[NH+](CC)CC. The summed E-state index contributed by atoms with van der Waals surface area (Å²) in [5.41, 5.74) is -0.147. The minimum absolute atomic E-state index is 0.0637. The Labute approximate surface area is 119 Å². The molecule has 0 amide bonds. The molecule has 0 spiro atoms. The molecular weight excluding hydrogens is 294 g/mol. The van der Waals surface area contributed by atoms with Crippen molar-refractivity contribution in [2.45, 2.75) is 47.5 Å². The van der Waals surface area contributed by atoms with Gasteiger partial charge in [0.05, 0.1) is 19.6 Å². The molecule has 0 saturated carbocycles. The number of carbonyl (C=O) groups excluding carboxylic acids is 1. The first-order valence-electron chi connectivity index (χ1n) is 6.69. The third-order valence-corrected chi connectivity index (χ3v) is 4.15. The fraction of sp³-hybridized carbons (Fsp3) is 0.786. The Kier molecular flexibility index (Phi) is 7.79. The van der Waals surface area contributed by atoms with E-state index in [2.05, 4.69) is 36.7 Å². The third kappa shape index (κ3) is 6.01. The van der Waals surface area contributed by atoms with Crippen LogP contribution in [0, 0.1) is 5.41 Å². The van der Waals surface area contributed by atoms with Gasteiger partial charge in [-0.15, -0.1) is 5.76 Å². The van der Waals surface area contributed by atoms with Crippen molar-refractivity contribution in [1.82, 2.24) is 0 Å². The van der Waals surface area contributed by atoms with Crippen LogP contribution < -0.4 is 10.0 Å². The summed E-state index contributed by atoms with van der Waals surface area (Å²) in [5.74, 6) is -0.127. The molecule has 0 aromatic rings. The van der Waals surface area contributed by atoms with E-state index in [0.29, 0.717) is 12.8 Å². The Morgan fingerprint density at radius 2 is 1.61 bits per heavy atom. The molecule has 1 N–H and O–H groups in total. The molecule has 1 aliphatic carbocycles. The van der Waals surface area contributed by atoms with Crippen LogP contribution in [-0.2, 0) is 4.79 Å². The van der Waals surface area contributed by atoms with Gasteiger partial charge in [0.25, 0.3) is 0 Å². The molecule has 1 rings (SSSR count). The van der Waals surface area contributed by atoms with Crippen LogP contribution in [0.1, 0.15) is 47.5 Å². The number of quaternary nitrogens is 1. The zero-order chi connectivity index (χ0) is 14.3.